The summed E-state index contributed by atoms with van der Waals surface area (Å²) in [6.07, 6.45) is -0.0151. The summed E-state index contributed by atoms with van der Waals surface area (Å²) in [5.41, 5.74) is 2.57. The number of nitrogens with one attached hydrogen (secondary N) is 1. The van der Waals surface area contributed by atoms with E-state index in [2.05, 4.69) is 15.5 Å². The van der Waals surface area contributed by atoms with Crippen LogP contribution in [0, 0.1) is 5.82 Å². The van der Waals surface area contributed by atoms with Gasteiger partial charge in [0.1, 0.15) is 5.82 Å². The van der Waals surface area contributed by atoms with E-state index in [4.69, 9.17) is 4.74 Å². The number of carbonyl (C=O) groups is 1. The summed E-state index contributed by atoms with van der Waals surface area (Å²) in [5, 5.41) is 10.9. The second kappa shape index (κ2) is 8.20. The Balaban J connectivity index is 1.64. The minimum Gasteiger partial charge on any atom is -0.477 e. The molecule has 1 amide bonds. The lowest BCUT2D eigenvalue weighted by molar-refractivity contribution is -0.115. The van der Waals surface area contributed by atoms with Crippen LogP contribution in [0.1, 0.15) is 12.5 Å². The van der Waals surface area contributed by atoms with Crippen molar-refractivity contribution in [2.24, 2.45) is 0 Å². The third kappa shape index (κ3) is 4.42. The van der Waals surface area contributed by atoms with E-state index in [1.165, 1.54) is 6.07 Å². The monoisotopic (exact) mass is 351 g/mol. The van der Waals surface area contributed by atoms with Gasteiger partial charge >= 0.3 is 0 Å². The van der Waals surface area contributed by atoms with E-state index in [-0.39, 0.29) is 18.1 Å². The molecule has 0 saturated heterocycles. The zero-order chi connectivity index (χ0) is 18.4. The fourth-order valence-electron chi connectivity index (χ4n) is 2.44. The summed E-state index contributed by atoms with van der Waals surface area (Å²) in [6.45, 7) is 2.42. The molecule has 0 bridgehead atoms. The lowest BCUT2D eigenvalue weighted by Gasteiger charge is -2.07. The van der Waals surface area contributed by atoms with E-state index >= 15 is 0 Å². The molecule has 3 rings (SSSR count). The van der Waals surface area contributed by atoms with Gasteiger partial charge in [-0.05, 0) is 36.8 Å². The van der Waals surface area contributed by atoms with E-state index < -0.39 is 0 Å². The molecule has 1 aromatic heterocycles. The molecule has 0 radical (unpaired) electrons. The molecule has 0 aliphatic heterocycles. The molecule has 1 heterocycles. The third-order valence-electron chi connectivity index (χ3n) is 3.71. The maximum absolute atomic E-state index is 13.6. The maximum Gasteiger partial charge on any atom is 0.233 e. The van der Waals surface area contributed by atoms with Crippen molar-refractivity contribution in [2.75, 3.05) is 11.9 Å². The summed E-state index contributed by atoms with van der Waals surface area (Å²) >= 11 is 0. The highest BCUT2D eigenvalue weighted by Crippen LogP contribution is 2.20. The predicted molar refractivity (Wildman–Crippen MR) is 97.4 cm³/mol. The summed E-state index contributed by atoms with van der Waals surface area (Å²) in [6, 6.07) is 17.0. The summed E-state index contributed by atoms with van der Waals surface area (Å²) in [5.74, 6) is -0.177. The van der Waals surface area contributed by atoms with Crippen molar-refractivity contribution in [1.82, 2.24) is 10.2 Å². The van der Waals surface area contributed by atoms with Crippen LogP contribution in [-0.2, 0) is 11.2 Å². The second-order valence-corrected chi connectivity index (χ2v) is 5.58. The Labute approximate surface area is 150 Å². The average molecular weight is 351 g/mol. The molecular formula is C20H18FN3O2. The van der Waals surface area contributed by atoms with Crippen molar-refractivity contribution in [2.45, 2.75) is 13.3 Å². The molecule has 2 aromatic carbocycles. The van der Waals surface area contributed by atoms with Gasteiger partial charge < -0.3 is 10.1 Å². The smallest absolute Gasteiger partial charge is 0.233 e. The average Bonchev–Trinajstić information content (AvgIpc) is 2.65. The molecule has 3 aromatic rings. The van der Waals surface area contributed by atoms with Gasteiger partial charge in [-0.3, -0.25) is 4.79 Å². The molecule has 0 saturated carbocycles. The molecule has 1 N–H and O–H groups in total. The lowest BCUT2D eigenvalue weighted by atomic mass is 10.1. The largest absolute Gasteiger partial charge is 0.477 e. The van der Waals surface area contributed by atoms with Crippen LogP contribution in [0.25, 0.3) is 11.3 Å². The van der Waals surface area contributed by atoms with Gasteiger partial charge in [-0.15, -0.1) is 10.2 Å². The summed E-state index contributed by atoms with van der Waals surface area (Å²) < 4.78 is 18.9. The Hall–Kier alpha value is -3.28. The van der Waals surface area contributed by atoms with Crippen LogP contribution in [0.4, 0.5) is 10.1 Å². The van der Waals surface area contributed by atoms with Crippen LogP contribution in [0.5, 0.6) is 5.88 Å². The van der Waals surface area contributed by atoms with Gasteiger partial charge in [0.2, 0.25) is 11.8 Å². The highest BCUT2D eigenvalue weighted by Gasteiger charge is 2.08. The van der Waals surface area contributed by atoms with Gasteiger partial charge in [0.15, 0.2) is 0 Å². The zero-order valence-electron chi connectivity index (χ0n) is 14.3. The van der Waals surface area contributed by atoms with Gasteiger partial charge in [-0.25, -0.2) is 4.39 Å². The highest BCUT2D eigenvalue weighted by molar-refractivity contribution is 5.92. The zero-order valence-corrected chi connectivity index (χ0v) is 14.3. The van der Waals surface area contributed by atoms with Crippen molar-refractivity contribution < 1.29 is 13.9 Å². The number of hydrogen-bond acceptors (Lipinski definition) is 4. The van der Waals surface area contributed by atoms with E-state index in [1.807, 2.05) is 25.1 Å². The Morgan fingerprint density at radius 3 is 2.46 bits per heavy atom. The third-order valence-corrected chi connectivity index (χ3v) is 3.71. The number of benzene rings is 2. The van der Waals surface area contributed by atoms with Crippen molar-refractivity contribution >= 4 is 11.6 Å². The molecule has 0 fully saturated rings. The fourth-order valence-corrected chi connectivity index (χ4v) is 2.44. The number of anilines is 1. The first kappa shape index (κ1) is 17.5. The number of rotatable bonds is 6. The molecule has 5 nitrogen and oxygen atoms in total. The van der Waals surface area contributed by atoms with Gasteiger partial charge in [-0.2, -0.15) is 0 Å². The SMILES string of the molecule is CCOc1ccc(-c2ccc(NC(=O)Cc3ccccc3F)cc2)nn1. The summed E-state index contributed by atoms with van der Waals surface area (Å²) in [7, 11) is 0. The molecule has 0 aliphatic carbocycles. The van der Waals surface area contributed by atoms with Crippen molar-refractivity contribution in [3.63, 3.8) is 0 Å². The number of carbonyl (C=O) groups excluding carboxylic acids is 1. The number of ether oxygens (including phenoxy) is 1. The van der Waals surface area contributed by atoms with Gasteiger partial charge in [-0.1, -0.05) is 30.3 Å². The lowest BCUT2D eigenvalue weighted by Crippen LogP contribution is -2.15. The molecule has 0 spiro atoms. The minimum absolute atomic E-state index is 0.0151. The molecular weight excluding hydrogens is 333 g/mol. The van der Waals surface area contributed by atoms with Crippen LogP contribution in [0.15, 0.2) is 60.7 Å². The van der Waals surface area contributed by atoms with Crippen LogP contribution in [0.3, 0.4) is 0 Å². The van der Waals surface area contributed by atoms with Crippen LogP contribution in [0.2, 0.25) is 0 Å². The minimum atomic E-state index is -0.382. The molecule has 26 heavy (non-hydrogen) atoms. The molecule has 0 unspecified atom stereocenters. The first-order valence-electron chi connectivity index (χ1n) is 8.26. The van der Waals surface area contributed by atoms with Gasteiger partial charge in [0.25, 0.3) is 0 Å². The number of nitrogens with zero attached hydrogens (tertiary/aromatic N) is 2. The number of hydrogen-bond donors (Lipinski definition) is 1. The van der Waals surface area contributed by atoms with E-state index in [9.17, 15) is 9.18 Å². The van der Waals surface area contributed by atoms with Crippen LogP contribution in [-0.4, -0.2) is 22.7 Å². The molecule has 0 atom stereocenters. The van der Waals surface area contributed by atoms with Crippen LogP contribution >= 0.6 is 0 Å². The second-order valence-electron chi connectivity index (χ2n) is 5.58. The van der Waals surface area contributed by atoms with Crippen molar-refractivity contribution in [1.29, 1.82) is 0 Å². The standard InChI is InChI=1S/C20H18FN3O2/c1-2-26-20-12-11-18(23-24-20)14-7-9-16(10-8-14)22-19(25)13-15-5-3-4-6-17(15)21/h3-12H,2,13H2,1H3,(H,22,25). The molecule has 132 valence electrons. The number of aromatic nitrogens is 2. The Morgan fingerprint density at radius 2 is 1.81 bits per heavy atom. The van der Waals surface area contributed by atoms with E-state index in [0.717, 1.165) is 5.56 Å². The highest BCUT2D eigenvalue weighted by atomic mass is 19.1. The number of halogens is 1. The van der Waals surface area contributed by atoms with Gasteiger partial charge in [0.05, 0.1) is 18.7 Å². The Morgan fingerprint density at radius 1 is 1.04 bits per heavy atom. The normalized spacial score (nSPS) is 10.4. The van der Waals surface area contributed by atoms with Crippen LogP contribution < -0.4 is 10.1 Å². The number of amides is 1. The predicted octanol–water partition coefficient (Wildman–Crippen LogP) is 3.86. The summed E-state index contributed by atoms with van der Waals surface area (Å²) in [4.78, 5) is 12.1. The van der Waals surface area contributed by atoms with Gasteiger partial charge in [0, 0.05) is 17.3 Å². The molecule has 6 heteroatoms. The van der Waals surface area contributed by atoms with Crippen molar-refractivity contribution in [3.05, 3.63) is 72.0 Å². The fraction of sp³-hybridized carbons (Fsp3) is 0.150. The first-order valence-corrected chi connectivity index (χ1v) is 8.26. The van der Waals surface area contributed by atoms with E-state index in [1.54, 1.807) is 36.4 Å². The Kier molecular flexibility index (Phi) is 5.53. The van der Waals surface area contributed by atoms with E-state index in [0.29, 0.717) is 29.4 Å². The first-order chi connectivity index (χ1) is 12.7. The Bertz CT molecular complexity index is 880. The maximum atomic E-state index is 13.6. The topological polar surface area (TPSA) is 64.1 Å². The van der Waals surface area contributed by atoms with Crippen molar-refractivity contribution in [3.8, 4) is 17.1 Å². The molecule has 0 aliphatic rings. The quantitative estimate of drug-likeness (QED) is 0.732.